The standard InChI is InChI=1S/C19H21N5O4S/c1-19(2,3)13-9-15(28-24-13)22-14(25)7-6-11-10-29-18(21-11)23-17(27)12-5-4-8-20-16(12)26/h4-5,8-10,12H,6-7H2,1-3H3,(H,22,25)(H,21,23,27). The molecule has 1 atom stereocenters. The topological polar surface area (TPSA) is 127 Å². The summed E-state index contributed by atoms with van der Waals surface area (Å²) in [6, 6.07) is 1.71. The summed E-state index contributed by atoms with van der Waals surface area (Å²) >= 11 is 1.23. The van der Waals surface area contributed by atoms with Crippen molar-refractivity contribution in [2.24, 2.45) is 10.9 Å². The second kappa shape index (κ2) is 8.48. The van der Waals surface area contributed by atoms with Crippen molar-refractivity contribution in [1.29, 1.82) is 0 Å². The summed E-state index contributed by atoms with van der Waals surface area (Å²) in [4.78, 5) is 43.8. The van der Waals surface area contributed by atoms with Gasteiger partial charge in [0.25, 0.3) is 5.91 Å². The minimum Gasteiger partial charge on any atom is -0.338 e. The van der Waals surface area contributed by atoms with Crippen molar-refractivity contribution in [3.05, 3.63) is 35.0 Å². The van der Waals surface area contributed by atoms with Crippen molar-refractivity contribution in [3.8, 4) is 0 Å². The fourth-order valence-electron chi connectivity index (χ4n) is 2.43. The Morgan fingerprint density at radius 2 is 2.07 bits per heavy atom. The number of hydrogen-bond donors (Lipinski definition) is 2. The highest BCUT2D eigenvalue weighted by Gasteiger charge is 2.25. The van der Waals surface area contributed by atoms with Gasteiger partial charge in [-0.15, -0.1) is 11.3 Å². The van der Waals surface area contributed by atoms with E-state index in [-0.39, 0.29) is 17.7 Å². The molecule has 3 rings (SSSR count). The monoisotopic (exact) mass is 415 g/mol. The molecule has 2 aromatic rings. The lowest BCUT2D eigenvalue weighted by atomic mass is 9.92. The van der Waals surface area contributed by atoms with E-state index in [0.29, 0.717) is 23.1 Å². The van der Waals surface area contributed by atoms with Crippen LogP contribution < -0.4 is 10.6 Å². The molecule has 1 aliphatic rings. The lowest BCUT2D eigenvalue weighted by Gasteiger charge is -2.12. The molecule has 0 saturated heterocycles. The van der Waals surface area contributed by atoms with Crippen molar-refractivity contribution in [2.45, 2.75) is 39.0 Å². The predicted octanol–water partition coefficient (Wildman–Crippen LogP) is 2.72. The van der Waals surface area contributed by atoms with Crippen molar-refractivity contribution in [2.75, 3.05) is 10.6 Å². The van der Waals surface area contributed by atoms with Gasteiger partial charge in [0.05, 0.1) is 11.4 Å². The first-order chi connectivity index (χ1) is 13.7. The number of anilines is 2. The number of aliphatic imine (C=N–C) groups is 1. The molecule has 2 aromatic heterocycles. The number of hydrogen-bond acceptors (Lipinski definition) is 7. The van der Waals surface area contributed by atoms with Crippen LogP contribution in [0.3, 0.4) is 0 Å². The Kier molecular flexibility index (Phi) is 6.02. The molecule has 29 heavy (non-hydrogen) atoms. The first-order valence-corrected chi connectivity index (χ1v) is 9.87. The number of nitrogens with zero attached hydrogens (tertiary/aromatic N) is 3. The van der Waals surface area contributed by atoms with Crippen LogP contribution >= 0.6 is 11.3 Å². The van der Waals surface area contributed by atoms with E-state index in [4.69, 9.17) is 4.52 Å². The van der Waals surface area contributed by atoms with Gasteiger partial charge in [-0.1, -0.05) is 32.0 Å². The summed E-state index contributed by atoms with van der Waals surface area (Å²) in [5, 5.41) is 11.4. The summed E-state index contributed by atoms with van der Waals surface area (Å²) < 4.78 is 5.14. The third-order valence-electron chi connectivity index (χ3n) is 4.07. The average Bonchev–Trinajstić information content (AvgIpc) is 3.29. The van der Waals surface area contributed by atoms with E-state index in [1.165, 1.54) is 23.6 Å². The average molecular weight is 415 g/mol. The number of carbonyl (C=O) groups is 3. The Labute approximate surface area is 171 Å². The van der Waals surface area contributed by atoms with E-state index in [1.54, 1.807) is 17.5 Å². The van der Waals surface area contributed by atoms with Crippen LogP contribution in [0, 0.1) is 5.92 Å². The van der Waals surface area contributed by atoms with E-state index in [1.807, 2.05) is 20.8 Å². The molecule has 0 aliphatic carbocycles. The molecule has 0 saturated carbocycles. The van der Waals surface area contributed by atoms with Crippen LogP contribution in [0.4, 0.5) is 11.0 Å². The van der Waals surface area contributed by atoms with Crippen LogP contribution in [0.2, 0.25) is 0 Å². The molecule has 2 N–H and O–H groups in total. The summed E-state index contributed by atoms with van der Waals surface area (Å²) in [5.41, 5.74) is 1.25. The van der Waals surface area contributed by atoms with Gasteiger partial charge in [-0.25, -0.2) is 9.98 Å². The Balaban J connectivity index is 1.49. The summed E-state index contributed by atoms with van der Waals surface area (Å²) in [6.45, 7) is 6.01. The van der Waals surface area contributed by atoms with Gasteiger partial charge in [0, 0.05) is 29.5 Å². The molecule has 10 heteroatoms. The molecular formula is C19H21N5O4S. The number of allylic oxidation sites excluding steroid dienone is 1. The molecule has 152 valence electrons. The molecule has 1 aliphatic heterocycles. The molecule has 0 aromatic carbocycles. The van der Waals surface area contributed by atoms with Gasteiger partial charge in [-0.05, 0) is 12.5 Å². The van der Waals surface area contributed by atoms with E-state index < -0.39 is 17.7 Å². The number of nitrogens with one attached hydrogen (secondary N) is 2. The predicted molar refractivity (Wildman–Crippen MR) is 109 cm³/mol. The highest BCUT2D eigenvalue weighted by atomic mass is 32.1. The summed E-state index contributed by atoms with van der Waals surface area (Å²) in [7, 11) is 0. The van der Waals surface area contributed by atoms with Gasteiger partial charge in [0.2, 0.25) is 17.7 Å². The number of aryl methyl sites for hydroxylation is 1. The Hall–Kier alpha value is -3.14. The molecule has 3 amide bonds. The van der Waals surface area contributed by atoms with Gasteiger partial charge in [0.1, 0.15) is 5.92 Å². The second-order valence-electron chi connectivity index (χ2n) is 7.49. The molecule has 0 radical (unpaired) electrons. The number of rotatable bonds is 6. The van der Waals surface area contributed by atoms with Crippen molar-refractivity contribution in [1.82, 2.24) is 10.1 Å². The van der Waals surface area contributed by atoms with E-state index >= 15 is 0 Å². The number of amides is 3. The zero-order chi connectivity index (χ0) is 21.0. The summed E-state index contributed by atoms with van der Waals surface area (Å²) in [5.74, 6) is -1.87. The van der Waals surface area contributed by atoms with Crippen LogP contribution in [-0.4, -0.2) is 34.1 Å². The van der Waals surface area contributed by atoms with Crippen LogP contribution in [0.15, 0.2) is 33.1 Å². The van der Waals surface area contributed by atoms with Crippen molar-refractivity contribution in [3.63, 3.8) is 0 Å². The van der Waals surface area contributed by atoms with Gasteiger partial charge >= 0.3 is 0 Å². The molecule has 9 nitrogen and oxygen atoms in total. The smallest absolute Gasteiger partial charge is 0.262 e. The normalized spacial score (nSPS) is 16.1. The van der Waals surface area contributed by atoms with E-state index in [9.17, 15) is 14.4 Å². The lowest BCUT2D eigenvalue weighted by Crippen LogP contribution is -2.28. The largest absolute Gasteiger partial charge is 0.338 e. The highest BCUT2D eigenvalue weighted by molar-refractivity contribution is 7.13. The highest BCUT2D eigenvalue weighted by Crippen LogP contribution is 2.24. The van der Waals surface area contributed by atoms with Crippen molar-refractivity contribution < 1.29 is 18.9 Å². The first-order valence-electron chi connectivity index (χ1n) is 8.99. The number of dihydropyridines is 1. The molecule has 0 fully saturated rings. The summed E-state index contributed by atoms with van der Waals surface area (Å²) in [6.07, 6.45) is 4.97. The molecule has 0 spiro atoms. The zero-order valence-electron chi connectivity index (χ0n) is 16.3. The molecule has 0 bridgehead atoms. The first kappa shape index (κ1) is 20.6. The van der Waals surface area contributed by atoms with Crippen LogP contribution in [0.1, 0.15) is 38.6 Å². The quantitative estimate of drug-likeness (QED) is 0.699. The van der Waals surface area contributed by atoms with Gasteiger partial charge in [-0.3, -0.25) is 19.7 Å². The van der Waals surface area contributed by atoms with E-state index in [0.717, 1.165) is 5.69 Å². The van der Waals surface area contributed by atoms with Crippen LogP contribution in [-0.2, 0) is 26.2 Å². The Bertz CT molecular complexity index is 983. The molecule has 1 unspecified atom stereocenters. The van der Waals surface area contributed by atoms with Crippen LogP contribution in [0.5, 0.6) is 0 Å². The fourth-order valence-corrected chi connectivity index (χ4v) is 3.18. The molecular weight excluding hydrogens is 394 g/mol. The number of thiazole rings is 1. The van der Waals surface area contributed by atoms with Gasteiger partial charge in [0.15, 0.2) is 5.13 Å². The van der Waals surface area contributed by atoms with Crippen LogP contribution in [0.25, 0.3) is 0 Å². The number of carbonyl (C=O) groups excluding carboxylic acids is 3. The minimum absolute atomic E-state index is 0.168. The zero-order valence-corrected chi connectivity index (χ0v) is 17.1. The Morgan fingerprint density at radius 3 is 2.76 bits per heavy atom. The van der Waals surface area contributed by atoms with Gasteiger partial charge in [-0.2, -0.15) is 0 Å². The minimum atomic E-state index is -0.946. The fraction of sp³-hybridized carbons (Fsp3) is 0.368. The van der Waals surface area contributed by atoms with Crippen molar-refractivity contribution >= 4 is 46.3 Å². The SMILES string of the molecule is CC(C)(C)c1cc(NC(=O)CCc2csc(NC(=O)C3C=CC=NC3=O)n2)on1. The lowest BCUT2D eigenvalue weighted by molar-refractivity contribution is -0.128. The van der Waals surface area contributed by atoms with E-state index in [2.05, 4.69) is 25.8 Å². The molecule has 3 heterocycles. The second-order valence-corrected chi connectivity index (χ2v) is 8.34. The third-order valence-corrected chi connectivity index (χ3v) is 4.88. The maximum atomic E-state index is 12.2. The van der Waals surface area contributed by atoms with Gasteiger partial charge < -0.3 is 9.84 Å². The third kappa shape index (κ3) is 5.44. The Morgan fingerprint density at radius 1 is 1.28 bits per heavy atom. The number of aromatic nitrogens is 2. The maximum absolute atomic E-state index is 12.2. The maximum Gasteiger partial charge on any atom is 0.262 e.